The molecular formula is C14H14BrN3O2. The number of aromatic nitrogens is 2. The summed E-state index contributed by atoms with van der Waals surface area (Å²) in [6.07, 6.45) is 0.817. The van der Waals surface area contributed by atoms with E-state index < -0.39 is 0 Å². The molecule has 0 aliphatic carbocycles. The van der Waals surface area contributed by atoms with Crippen molar-refractivity contribution in [3.8, 4) is 22.9 Å². The molecule has 1 aliphatic rings. The van der Waals surface area contributed by atoms with Crippen LogP contribution < -0.4 is 15.2 Å². The predicted octanol–water partition coefficient (Wildman–Crippen LogP) is 3.09. The first kappa shape index (κ1) is 13.2. The molecule has 0 radical (unpaired) electrons. The molecule has 2 heterocycles. The number of benzene rings is 1. The van der Waals surface area contributed by atoms with Gasteiger partial charge in [-0.25, -0.2) is 9.97 Å². The Kier molecular flexibility index (Phi) is 3.25. The van der Waals surface area contributed by atoms with Gasteiger partial charge in [0.15, 0.2) is 17.3 Å². The number of halogens is 1. The van der Waals surface area contributed by atoms with Crippen molar-refractivity contribution in [2.45, 2.75) is 20.3 Å². The Morgan fingerprint density at radius 2 is 2.10 bits per heavy atom. The minimum atomic E-state index is 0.231. The van der Waals surface area contributed by atoms with E-state index in [2.05, 4.69) is 25.9 Å². The summed E-state index contributed by atoms with van der Waals surface area (Å²) in [7, 11) is 0. The van der Waals surface area contributed by atoms with E-state index in [1.807, 2.05) is 26.0 Å². The van der Waals surface area contributed by atoms with Crippen molar-refractivity contribution in [1.29, 1.82) is 0 Å². The highest BCUT2D eigenvalue weighted by atomic mass is 79.9. The number of rotatable bonds is 2. The van der Waals surface area contributed by atoms with Crippen molar-refractivity contribution >= 4 is 21.7 Å². The van der Waals surface area contributed by atoms with Crippen LogP contribution in [0.1, 0.15) is 18.2 Å². The van der Waals surface area contributed by atoms with Crippen molar-refractivity contribution in [2.24, 2.45) is 0 Å². The first-order valence-electron chi connectivity index (χ1n) is 6.32. The fourth-order valence-electron chi connectivity index (χ4n) is 2.15. The second-order valence-corrected chi connectivity index (χ2v) is 5.40. The van der Waals surface area contributed by atoms with Gasteiger partial charge in [-0.1, -0.05) is 6.92 Å². The summed E-state index contributed by atoms with van der Waals surface area (Å²) < 4.78 is 11.6. The van der Waals surface area contributed by atoms with Crippen LogP contribution in [0.4, 0.5) is 5.82 Å². The van der Waals surface area contributed by atoms with E-state index in [9.17, 15) is 0 Å². The maximum Gasteiger partial charge on any atom is 0.231 e. The zero-order valence-corrected chi connectivity index (χ0v) is 12.8. The van der Waals surface area contributed by atoms with Gasteiger partial charge in [0, 0.05) is 16.8 Å². The summed E-state index contributed by atoms with van der Waals surface area (Å²) in [5.74, 6) is 2.52. The molecule has 1 aromatic heterocycles. The molecule has 0 saturated heterocycles. The Labute approximate surface area is 125 Å². The number of nitrogens with two attached hydrogens (primary N) is 1. The zero-order valence-electron chi connectivity index (χ0n) is 11.2. The molecule has 0 saturated carbocycles. The smallest absolute Gasteiger partial charge is 0.231 e. The normalized spacial score (nSPS) is 12.8. The first-order valence-corrected chi connectivity index (χ1v) is 7.12. The van der Waals surface area contributed by atoms with Crippen LogP contribution in [0.25, 0.3) is 11.4 Å². The van der Waals surface area contributed by atoms with Gasteiger partial charge in [-0.05, 0) is 41.4 Å². The van der Waals surface area contributed by atoms with Crippen LogP contribution in [0, 0.1) is 6.92 Å². The molecule has 1 aromatic carbocycles. The Morgan fingerprint density at radius 1 is 1.30 bits per heavy atom. The molecule has 20 heavy (non-hydrogen) atoms. The van der Waals surface area contributed by atoms with E-state index in [4.69, 9.17) is 15.2 Å². The highest BCUT2D eigenvalue weighted by Gasteiger charge is 2.20. The predicted molar refractivity (Wildman–Crippen MR) is 79.8 cm³/mol. The summed E-state index contributed by atoms with van der Waals surface area (Å²) in [4.78, 5) is 8.95. The SMILES string of the molecule is CCc1nc(-c2cc(Br)c3c(c2)OCO3)nc(N)c1C. The Balaban J connectivity index is 2.14. The number of hydrogen-bond acceptors (Lipinski definition) is 5. The maximum atomic E-state index is 5.97. The summed E-state index contributed by atoms with van der Waals surface area (Å²) in [6.45, 7) is 4.22. The van der Waals surface area contributed by atoms with Gasteiger partial charge in [-0.2, -0.15) is 0 Å². The summed E-state index contributed by atoms with van der Waals surface area (Å²) in [5.41, 5.74) is 8.72. The molecule has 0 bridgehead atoms. The van der Waals surface area contributed by atoms with Crippen molar-refractivity contribution in [3.63, 3.8) is 0 Å². The molecule has 0 spiro atoms. The molecule has 2 aromatic rings. The topological polar surface area (TPSA) is 70.3 Å². The molecule has 0 unspecified atom stereocenters. The van der Waals surface area contributed by atoms with E-state index in [-0.39, 0.29) is 6.79 Å². The fourth-order valence-corrected chi connectivity index (χ4v) is 2.71. The van der Waals surface area contributed by atoms with Gasteiger partial charge in [0.05, 0.1) is 4.47 Å². The minimum absolute atomic E-state index is 0.231. The van der Waals surface area contributed by atoms with E-state index in [1.165, 1.54) is 0 Å². The summed E-state index contributed by atoms with van der Waals surface area (Å²) >= 11 is 3.47. The molecular weight excluding hydrogens is 322 g/mol. The third kappa shape index (κ3) is 2.10. The molecule has 104 valence electrons. The third-order valence-corrected chi connectivity index (χ3v) is 3.89. The highest BCUT2D eigenvalue weighted by Crippen LogP contribution is 2.42. The Hall–Kier alpha value is -1.82. The summed E-state index contributed by atoms with van der Waals surface area (Å²) in [5, 5.41) is 0. The van der Waals surface area contributed by atoms with Gasteiger partial charge in [0.2, 0.25) is 6.79 Å². The lowest BCUT2D eigenvalue weighted by Gasteiger charge is -2.09. The average Bonchev–Trinajstić information content (AvgIpc) is 2.90. The van der Waals surface area contributed by atoms with E-state index in [0.717, 1.165) is 27.7 Å². The fraction of sp³-hybridized carbons (Fsp3) is 0.286. The number of anilines is 1. The van der Waals surface area contributed by atoms with Crippen LogP contribution >= 0.6 is 15.9 Å². The van der Waals surface area contributed by atoms with Crippen molar-refractivity contribution in [1.82, 2.24) is 9.97 Å². The second kappa shape index (κ2) is 4.94. The lowest BCUT2D eigenvalue weighted by atomic mass is 10.1. The molecule has 6 heteroatoms. The van der Waals surface area contributed by atoms with Crippen LogP contribution in [0.5, 0.6) is 11.5 Å². The highest BCUT2D eigenvalue weighted by molar-refractivity contribution is 9.10. The van der Waals surface area contributed by atoms with E-state index in [1.54, 1.807) is 0 Å². The quantitative estimate of drug-likeness (QED) is 0.913. The first-order chi connectivity index (χ1) is 9.60. The summed E-state index contributed by atoms with van der Waals surface area (Å²) in [6, 6.07) is 3.79. The molecule has 0 atom stereocenters. The van der Waals surface area contributed by atoms with Gasteiger partial charge in [0.25, 0.3) is 0 Å². The number of ether oxygens (including phenoxy) is 2. The molecule has 1 aliphatic heterocycles. The number of aryl methyl sites for hydroxylation is 1. The lowest BCUT2D eigenvalue weighted by molar-refractivity contribution is 0.173. The van der Waals surface area contributed by atoms with Crippen LogP contribution in [-0.2, 0) is 6.42 Å². The van der Waals surface area contributed by atoms with E-state index >= 15 is 0 Å². The van der Waals surface area contributed by atoms with Crippen molar-refractivity contribution < 1.29 is 9.47 Å². The molecule has 0 fully saturated rings. The average molecular weight is 336 g/mol. The van der Waals surface area contributed by atoms with Crippen LogP contribution in [0.15, 0.2) is 16.6 Å². The van der Waals surface area contributed by atoms with Gasteiger partial charge in [-0.15, -0.1) is 0 Å². The maximum absolute atomic E-state index is 5.97. The van der Waals surface area contributed by atoms with Gasteiger partial charge < -0.3 is 15.2 Å². The number of fused-ring (bicyclic) bond motifs is 1. The molecule has 3 rings (SSSR count). The molecule has 2 N–H and O–H groups in total. The monoisotopic (exact) mass is 335 g/mol. The molecule has 5 nitrogen and oxygen atoms in total. The number of nitrogen functional groups attached to an aromatic ring is 1. The Bertz CT molecular complexity index is 680. The zero-order chi connectivity index (χ0) is 14.3. The Morgan fingerprint density at radius 3 is 2.85 bits per heavy atom. The van der Waals surface area contributed by atoms with Gasteiger partial charge in [0.1, 0.15) is 5.82 Å². The van der Waals surface area contributed by atoms with Crippen molar-refractivity contribution in [3.05, 3.63) is 27.9 Å². The number of nitrogens with zero attached hydrogens (tertiary/aromatic N) is 2. The standard InChI is InChI=1S/C14H14BrN3O2/c1-3-10-7(2)13(16)18-14(17-10)8-4-9(15)12-11(5-8)19-6-20-12/h4-5H,3,6H2,1-2H3,(H2,16,17,18). The lowest BCUT2D eigenvalue weighted by Crippen LogP contribution is -2.04. The van der Waals surface area contributed by atoms with Crippen LogP contribution in [-0.4, -0.2) is 16.8 Å². The third-order valence-electron chi connectivity index (χ3n) is 3.30. The van der Waals surface area contributed by atoms with Crippen LogP contribution in [0.2, 0.25) is 0 Å². The molecule has 0 amide bonds. The van der Waals surface area contributed by atoms with Gasteiger partial charge in [-0.3, -0.25) is 0 Å². The van der Waals surface area contributed by atoms with E-state index in [0.29, 0.717) is 23.1 Å². The minimum Gasteiger partial charge on any atom is -0.454 e. The van der Waals surface area contributed by atoms with Gasteiger partial charge >= 0.3 is 0 Å². The number of hydrogen-bond donors (Lipinski definition) is 1. The van der Waals surface area contributed by atoms with Crippen molar-refractivity contribution in [2.75, 3.05) is 12.5 Å². The second-order valence-electron chi connectivity index (χ2n) is 4.55. The van der Waals surface area contributed by atoms with Crippen LogP contribution in [0.3, 0.4) is 0 Å². The largest absolute Gasteiger partial charge is 0.454 e.